The van der Waals surface area contributed by atoms with Gasteiger partial charge in [-0.25, -0.2) is 4.39 Å². The fraction of sp³-hybridized carbons (Fsp3) is 0.190. The molecular formula is C21H18ClFN2O5. The van der Waals surface area contributed by atoms with E-state index in [0.29, 0.717) is 5.02 Å². The molecule has 3 aromatic rings. The number of carboxylic acid groups (broad SMARTS) is 1. The third-order valence-corrected chi connectivity index (χ3v) is 5.08. The van der Waals surface area contributed by atoms with Crippen LogP contribution in [0.25, 0.3) is 10.9 Å². The summed E-state index contributed by atoms with van der Waals surface area (Å²) in [6.07, 6.45) is 0. The first kappa shape index (κ1) is 21.3. The molecule has 0 aliphatic heterocycles. The van der Waals surface area contributed by atoms with Gasteiger partial charge in [0.1, 0.15) is 6.54 Å². The summed E-state index contributed by atoms with van der Waals surface area (Å²) in [5.74, 6) is -4.96. The number of aromatic hydroxyl groups is 1. The lowest BCUT2D eigenvalue weighted by molar-refractivity contribution is -0.138. The first-order chi connectivity index (χ1) is 14.1. The van der Waals surface area contributed by atoms with Crippen molar-refractivity contribution in [3.63, 3.8) is 0 Å². The summed E-state index contributed by atoms with van der Waals surface area (Å²) in [5, 5.41) is 21.2. The number of nitrogens with zero attached hydrogens (tertiary/aromatic N) is 1. The number of hydrogen-bond donors (Lipinski definition) is 3. The summed E-state index contributed by atoms with van der Waals surface area (Å²) in [6, 6.07) is 8.74. The summed E-state index contributed by atoms with van der Waals surface area (Å²) in [5.41, 5.74) is 0.889. The van der Waals surface area contributed by atoms with Crippen molar-refractivity contribution in [1.82, 2.24) is 9.88 Å². The molecule has 0 aliphatic carbocycles. The number of benzene rings is 2. The molecule has 0 radical (unpaired) electrons. The van der Waals surface area contributed by atoms with Gasteiger partial charge in [-0.05, 0) is 49.7 Å². The Labute approximate surface area is 175 Å². The minimum atomic E-state index is -1.23. The van der Waals surface area contributed by atoms with Crippen LogP contribution in [0.2, 0.25) is 5.02 Å². The van der Waals surface area contributed by atoms with Gasteiger partial charge in [0.05, 0.1) is 11.4 Å². The summed E-state index contributed by atoms with van der Waals surface area (Å²) in [6.45, 7) is 2.42. The maximum Gasteiger partial charge on any atom is 0.322 e. The van der Waals surface area contributed by atoms with Crippen molar-refractivity contribution >= 4 is 40.3 Å². The number of carboxylic acids is 1. The molecule has 0 unspecified atom stereocenters. The van der Waals surface area contributed by atoms with E-state index in [1.807, 2.05) is 0 Å². The van der Waals surface area contributed by atoms with Crippen LogP contribution >= 0.6 is 11.6 Å². The number of amides is 1. The number of phenols is 1. The lowest BCUT2D eigenvalue weighted by Gasteiger charge is -2.13. The Hall–Kier alpha value is -3.39. The molecule has 3 rings (SSSR count). The second-order valence-corrected chi connectivity index (χ2v) is 7.21. The number of phenolic OH excluding ortho intramolecular Hbond substituents is 1. The van der Waals surface area contributed by atoms with E-state index in [9.17, 15) is 23.9 Å². The van der Waals surface area contributed by atoms with E-state index in [4.69, 9.17) is 16.7 Å². The SMILES string of the molecule is Cc1c([C@@H](C)C(=O)NCC(=O)O)c2c(F)c(O)ccc2n1C(=O)c1cccc(Cl)c1. The molecule has 7 nitrogen and oxygen atoms in total. The van der Waals surface area contributed by atoms with Crippen LogP contribution in [0.3, 0.4) is 0 Å². The Kier molecular flexibility index (Phi) is 5.80. The Bertz CT molecular complexity index is 1190. The lowest BCUT2D eigenvalue weighted by Crippen LogP contribution is -2.32. The second kappa shape index (κ2) is 8.16. The number of fused-ring (bicyclic) bond motifs is 1. The summed E-state index contributed by atoms with van der Waals surface area (Å²) < 4.78 is 16.1. The standard InChI is InChI=1S/C21H18ClFN2O5/c1-10(20(29)24-9-16(27)28)17-11(2)25(14-6-7-15(26)19(23)18(14)17)21(30)12-4-3-5-13(22)8-12/h3-8,10,26H,9H2,1-2H3,(H,24,29)(H,27,28)/t10-/m1/s1. The fourth-order valence-electron chi connectivity index (χ4n) is 3.47. The van der Waals surface area contributed by atoms with E-state index in [1.165, 1.54) is 23.6 Å². The number of carbonyl (C=O) groups excluding carboxylic acids is 2. The largest absolute Gasteiger partial charge is 0.505 e. The third kappa shape index (κ3) is 3.73. The number of hydrogen-bond acceptors (Lipinski definition) is 4. The average molecular weight is 433 g/mol. The normalized spacial score (nSPS) is 12.0. The van der Waals surface area contributed by atoms with Crippen LogP contribution in [0, 0.1) is 12.7 Å². The molecule has 0 saturated heterocycles. The molecule has 0 spiro atoms. The number of carbonyl (C=O) groups is 3. The maximum atomic E-state index is 14.9. The highest BCUT2D eigenvalue weighted by molar-refractivity contribution is 6.31. The molecule has 0 aliphatic rings. The molecule has 0 fully saturated rings. The van der Waals surface area contributed by atoms with Gasteiger partial charge in [0.15, 0.2) is 11.6 Å². The number of halogens is 2. The number of aromatic nitrogens is 1. The lowest BCUT2D eigenvalue weighted by atomic mass is 9.96. The van der Waals surface area contributed by atoms with Gasteiger partial charge in [0.2, 0.25) is 5.91 Å². The third-order valence-electron chi connectivity index (χ3n) is 4.85. The van der Waals surface area contributed by atoms with Crippen molar-refractivity contribution in [3.8, 4) is 5.75 Å². The van der Waals surface area contributed by atoms with Gasteiger partial charge in [0, 0.05) is 21.7 Å². The number of rotatable bonds is 5. The van der Waals surface area contributed by atoms with Crippen molar-refractivity contribution in [2.24, 2.45) is 0 Å². The van der Waals surface area contributed by atoms with Gasteiger partial charge in [0.25, 0.3) is 5.91 Å². The van der Waals surface area contributed by atoms with Crippen LogP contribution in [-0.2, 0) is 9.59 Å². The van der Waals surface area contributed by atoms with E-state index in [2.05, 4.69) is 5.32 Å². The molecular weight excluding hydrogens is 415 g/mol. The van der Waals surface area contributed by atoms with Gasteiger partial charge in [-0.3, -0.25) is 19.0 Å². The second-order valence-electron chi connectivity index (χ2n) is 6.78. The van der Waals surface area contributed by atoms with Crippen LogP contribution in [0.15, 0.2) is 36.4 Å². The first-order valence-corrected chi connectivity index (χ1v) is 9.33. The number of aliphatic carboxylic acids is 1. The van der Waals surface area contributed by atoms with Gasteiger partial charge >= 0.3 is 5.97 Å². The summed E-state index contributed by atoms with van der Waals surface area (Å²) in [4.78, 5) is 36.4. The average Bonchev–Trinajstić information content (AvgIpc) is 3.00. The zero-order valence-electron chi connectivity index (χ0n) is 16.1. The number of nitrogens with one attached hydrogen (secondary N) is 1. The quantitative estimate of drug-likeness (QED) is 0.572. The summed E-state index contributed by atoms with van der Waals surface area (Å²) >= 11 is 5.98. The van der Waals surface area contributed by atoms with E-state index < -0.39 is 41.8 Å². The molecule has 1 heterocycles. The molecule has 9 heteroatoms. The zero-order valence-corrected chi connectivity index (χ0v) is 16.8. The zero-order chi connectivity index (χ0) is 22.2. The molecule has 0 saturated carbocycles. The molecule has 1 aromatic heterocycles. The fourth-order valence-corrected chi connectivity index (χ4v) is 3.66. The summed E-state index contributed by atoms with van der Waals surface area (Å²) in [7, 11) is 0. The molecule has 3 N–H and O–H groups in total. The monoisotopic (exact) mass is 432 g/mol. The predicted octanol–water partition coefficient (Wildman–Crippen LogP) is 3.44. The van der Waals surface area contributed by atoms with Crippen LogP contribution in [0.4, 0.5) is 4.39 Å². The van der Waals surface area contributed by atoms with Gasteiger partial charge in [-0.15, -0.1) is 0 Å². The minimum Gasteiger partial charge on any atom is -0.505 e. The van der Waals surface area contributed by atoms with E-state index in [1.54, 1.807) is 25.1 Å². The molecule has 30 heavy (non-hydrogen) atoms. The Morgan fingerprint density at radius 1 is 1.23 bits per heavy atom. The van der Waals surface area contributed by atoms with Crippen LogP contribution in [0.5, 0.6) is 5.75 Å². The van der Waals surface area contributed by atoms with Crippen LogP contribution in [0.1, 0.15) is 34.5 Å². The first-order valence-electron chi connectivity index (χ1n) is 8.95. The maximum absolute atomic E-state index is 14.9. The van der Waals surface area contributed by atoms with Crippen molar-refractivity contribution in [1.29, 1.82) is 0 Å². The molecule has 2 aromatic carbocycles. The van der Waals surface area contributed by atoms with Crippen molar-refractivity contribution in [3.05, 3.63) is 64.1 Å². The van der Waals surface area contributed by atoms with Gasteiger partial charge in [-0.2, -0.15) is 0 Å². The van der Waals surface area contributed by atoms with Crippen LogP contribution < -0.4 is 5.32 Å². The molecule has 1 atom stereocenters. The predicted molar refractivity (Wildman–Crippen MR) is 109 cm³/mol. The van der Waals surface area contributed by atoms with Crippen molar-refractivity contribution in [2.75, 3.05) is 6.54 Å². The smallest absolute Gasteiger partial charge is 0.322 e. The van der Waals surface area contributed by atoms with Crippen molar-refractivity contribution < 1.29 is 29.0 Å². The molecule has 156 valence electrons. The highest BCUT2D eigenvalue weighted by Crippen LogP contribution is 2.37. The van der Waals surface area contributed by atoms with E-state index >= 15 is 0 Å². The topological polar surface area (TPSA) is 109 Å². The Morgan fingerprint density at radius 2 is 1.93 bits per heavy atom. The highest BCUT2D eigenvalue weighted by Gasteiger charge is 2.29. The minimum absolute atomic E-state index is 0.0825. The van der Waals surface area contributed by atoms with Gasteiger partial charge in [-0.1, -0.05) is 17.7 Å². The molecule has 1 amide bonds. The highest BCUT2D eigenvalue weighted by atomic mass is 35.5. The Morgan fingerprint density at radius 3 is 2.57 bits per heavy atom. The Balaban J connectivity index is 2.22. The van der Waals surface area contributed by atoms with Gasteiger partial charge < -0.3 is 15.5 Å². The van der Waals surface area contributed by atoms with E-state index in [-0.39, 0.29) is 27.7 Å². The van der Waals surface area contributed by atoms with E-state index in [0.717, 1.165) is 6.07 Å². The van der Waals surface area contributed by atoms with Crippen molar-refractivity contribution in [2.45, 2.75) is 19.8 Å². The van der Waals surface area contributed by atoms with Crippen LogP contribution in [-0.4, -0.2) is 39.1 Å². The molecule has 0 bridgehead atoms.